The average molecular weight is 211 g/mol. The Kier molecular flexibility index (Phi) is 4.86. The largest absolute Gasteiger partial charge is 0.383 e. The number of amides is 1. The highest BCUT2D eigenvalue weighted by Gasteiger charge is 2.11. The Morgan fingerprint density at radius 3 is 2.80 bits per heavy atom. The molecule has 5 heteroatoms. The number of nitrogens with two attached hydrogens (primary N) is 1. The highest BCUT2D eigenvalue weighted by atomic mass is 16.5. The molecule has 15 heavy (non-hydrogen) atoms. The topological polar surface area (TPSA) is 69.3 Å². The van der Waals surface area contributed by atoms with Crippen LogP contribution in [0.2, 0.25) is 0 Å². The van der Waals surface area contributed by atoms with E-state index >= 15 is 0 Å². The van der Waals surface area contributed by atoms with E-state index in [1.165, 1.54) is 7.11 Å². The van der Waals surface area contributed by atoms with E-state index in [-0.39, 0.29) is 12.5 Å². The van der Waals surface area contributed by atoms with Crippen LogP contribution in [0.5, 0.6) is 0 Å². The average Bonchev–Trinajstić information content (AvgIpc) is 2.71. The first-order valence-corrected chi connectivity index (χ1v) is 4.87. The minimum Gasteiger partial charge on any atom is -0.383 e. The molecule has 1 atom stereocenters. The van der Waals surface area contributed by atoms with Crippen molar-refractivity contribution >= 4 is 5.91 Å². The van der Waals surface area contributed by atoms with Crippen molar-refractivity contribution in [3.63, 3.8) is 0 Å². The molecule has 1 amide bonds. The molecule has 1 rings (SSSR count). The van der Waals surface area contributed by atoms with E-state index < -0.39 is 6.04 Å². The summed E-state index contributed by atoms with van der Waals surface area (Å²) in [7, 11) is 1.52. The Morgan fingerprint density at radius 2 is 2.20 bits per heavy atom. The lowest BCUT2D eigenvalue weighted by Crippen LogP contribution is -2.44. The molecule has 0 spiro atoms. The van der Waals surface area contributed by atoms with E-state index in [4.69, 9.17) is 10.5 Å². The minimum atomic E-state index is -0.584. The molecule has 0 aliphatic carbocycles. The van der Waals surface area contributed by atoms with Crippen LogP contribution in [-0.4, -0.2) is 36.8 Å². The van der Waals surface area contributed by atoms with Crippen molar-refractivity contribution in [2.75, 3.05) is 20.3 Å². The van der Waals surface area contributed by atoms with Crippen LogP contribution in [0, 0.1) is 0 Å². The maximum absolute atomic E-state index is 11.3. The Morgan fingerprint density at radius 1 is 1.53 bits per heavy atom. The van der Waals surface area contributed by atoms with Crippen LogP contribution >= 0.6 is 0 Å². The van der Waals surface area contributed by atoms with Gasteiger partial charge in [-0.1, -0.05) is 0 Å². The van der Waals surface area contributed by atoms with Gasteiger partial charge in [-0.15, -0.1) is 0 Å². The molecule has 5 nitrogen and oxygen atoms in total. The second kappa shape index (κ2) is 6.21. The van der Waals surface area contributed by atoms with E-state index in [1.807, 2.05) is 29.1 Å². The lowest BCUT2D eigenvalue weighted by atomic mass is 10.3. The summed E-state index contributed by atoms with van der Waals surface area (Å²) < 4.78 is 6.77. The molecule has 1 unspecified atom stereocenters. The van der Waals surface area contributed by atoms with Crippen molar-refractivity contribution in [3.05, 3.63) is 24.5 Å². The highest BCUT2D eigenvalue weighted by Crippen LogP contribution is 1.88. The summed E-state index contributed by atoms with van der Waals surface area (Å²) in [5.74, 6) is -0.177. The lowest BCUT2D eigenvalue weighted by Gasteiger charge is -2.11. The standard InChI is InChI=1S/C10H17N3O2/c1-15-8-9(11)10(14)12-4-7-13-5-2-3-6-13/h2-3,5-6,9H,4,7-8,11H2,1H3,(H,12,14). The minimum absolute atomic E-state index is 0.177. The van der Waals surface area contributed by atoms with Crippen molar-refractivity contribution in [1.82, 2.24) is 9.88 Å². The fraction of sp³-hybridized carbons (Fsp3) is 0.500. The number of hydrogen-bond acceptors (Lipinski definition) is 3. The predicted molar refractivity (Wildman–Crippen MR) is 57.3 cm³/mol. The molecule has 0 aliphatic heterocycles. The summed E-state index contributed by atoms with van der Waals surface area (Å²) in [4.78, 5) is 11.3. The first-order valence-electron chi connectivity index (χ1n) is 4.87. The summed E-state index contributed by atoms with van der Waals surface area (Å²) in [5.41, 5.74) is 5.54. The summed E-state index contributed by atoms with van der Waals surface area (Å²) in [6.45, 7) is 1.57. The highest BCUT2D eigenvalue weighted by molar-refractivity contribution is 5.81. The summed E-state index contributed by atoms with van der Waals surface area (Å²) in [6.07, 6.45) is 3.89. The normalized spacial score (nSPS) is 12.4. The van der Waals surface area contributed by atoms with Crippen LogP contribution in [0.15, 0.2) is 24.5 Å². The van der Waals surface area contributed by atoms with Crippen LogP contribution in [-0.2, 0) is 16.1 Å². The molecular formula is C10H17N3O2. The van der Waals surface area contributed by atoms with Gasteiger partial charge in [-0.05, 0) is 12.1 Å². The molecule has 1 heterocycles. The number of aromatic nitrogens is 1. The molecule has 1 aromatic heterocycles. The van der Waals surface area contributed by atoms with Gasteiger partial charge in [0.15, 0.2) is 0 Å². The fourth-order valence-electron chi connectivity index (χ4n) is 1.21. The number of nitrogens with zero attached hydrogens (tertiary/aromatic N) is 1. The zero-order chi connectivity index (χ0) is 11.1. The quantitative estimate of drug-likeness (QED) is 0.671. The third-order valence-electron chi connectivity index (χ3n) is 2.02. The molecule has 0 aromatic carbocycles. The Hall–Kier alpha value is -1.33. The van der Waals surface area contributed by atoms with Crippen molar-refractivity contribution in [2.45, 2.75) is 12.6 Å². The molecule has 0 radical (unpaired) electrons. The van der Waals surface area contributed by atoms with Gasteiger partial charge in [-0.3, -0.25) is 4.79 Å². The van der Waals surface area contributed by atoms with Gasteiger partial charge < -0.3 is 20.4 Å². The summed E-state index contributed by atoms with van der Waals surface area (Å²) >= 11 is 0. The first kappa shape index (κ1) is 11.7. The summed E-state index contributed by atoms with van der Waals surface area (Å²) in [5, 5.41) is 2.74. The second-order valence-corrected chi connectivity index (χ2v) is 3.27. The predicted octanol–water partition coefficient (Wildman–Crippen LogP) is -0.422. The third-order valence-corrected chi connectivity index (χ3v) is 2.02. The Balaban J connectivity index is 2.17. The van der Waals surface area contributed by atoms with Crippen LogP contribution in [0.4, 0.5) is 0 Å². The maximum Gasteiger partial charge on any atom is 0.239 e. The Bertz CT molecular complexity index is 285. The van der Waals surface area contributed by atoms with Gasteiger partial charge in [0, 0.05) is 32.6 Å². The van der Waals surface area contributed by atoms with Crippen molar-refractivity contribution < 1.29 is 9.53 Å². The molecule has 0 fully saturated rings. The van der Waals surface area contributed by atoms with Gasteiger partial charge in [0.1, 0.15) is 6.04 Å². The van der Waals surface area contributed by atoms with E-state index in [2.05, 4.69) is 5.32 Å². The zero-order valence-corrected chi connectivity index (χ0v) is 8.85. The first-order chi connectivity index (χ1) is 7.24. The monoisotopic (exact) mass is 211 g/mol. The van der Waals surface area contributed by atoms with Crippen molar-refractivity contribution in [3.8, 4) is 0 Å². The van der Waals surface area contributed by atoms with Gasteiger partial charge in [-0.2, -0.15) is 0 Å². The molecule has 84 valence electrons. The SMILES string of the molecule is COCC(N)C(=O)NCCn1cccc1. The number of carbonyl (C=O) groups excluding carboxylic acids is 1. The summed E-state index contributed by atoms with van der Waals surface area (Å²) in [6, 6.07) is 3.30. The van der Waals surface area contributed by atoms with Crippen molar-refractivity contribution in [1.29, 1.82) is 0 Å². The molecule has 0 aliphatic rings. The molecule has 0 saturated heterocycles. The van der Waals surface area contributed by atoms with Crippen molar-refractivity contribution in [2.24, 2.45) is 5.73 Å². The van der Waals surface area contributed by atoms with Gasteiger partial charge in [0.25, 0.3) is 0 Å². The Labute approximate surface area is 89.2 Å². The van der Waals surface area contributed by atoms with Crippen LogP contribution < -0.4 is 11.1 Å². The molecule has 1 aromatic rings. The van der Waals surface area contributed by atoms with E-state index in [9.17, 15) is 4.79 Å². The third kappa shape index (κ3) is 4.14. The van der Waals surface area contributed by atoms with Crippen LogP contribution in [0.1, 0.15) is 0 Å². The van der Waals surface area contributed by atoms with E-state index in [1.54, 1.807) is 0 Å². The molecule has 0 bridgehead atoms. The fourth-order valence-corrected chi connectivity index (χ4v) is 1.21. The van der Waals surface area contributed by atoms with E-state index in [0.29, 0.717) is 6.54 Å². The number of ether oxygens (including phenoxy) is 1. The molecule has 3 N–H and O–H groups in total. The van der Waals surface area contributed by atoms with E-state index in [0.717, 1.165) is 6.54 Å². The zero-order valence-electron chi connectivity index (χ0n) is 8.85. The molecule has 0 saturated carbocycles. The van der Waals surface area contributed by atoms with Gasteiger partial charge in [0.05, 0.1) is 6.61 Å². The number of hydrogen-bond donors (Lipinski definition) is 2. The van der Waals surface area contributed by atoms with Crippen LogP contribution in [0.25, 0.3) is 0 Å². The second-order valence-electron chi connectivity index (χ2n) is 3.27. The van der Waals surface area contributed by atoms with Gasteiger partial charge >= 0.3 is 0 Å². The smallest absolute Gasteiger partial charge is 0.239 e. The number of nitrogens with one attached hydrogen (secondary N) is 1. The lowest BCUT2D eigenvalue weighted by molar-refractivity contribution is -0.123. The van der Waals surface area contributed by atoms with Gasteiger partial charge in [-0.25, -0.2) is 0 Å². The maximum atomic E-state index is 11.3. The number of rotatable bonds is 6. The number of carbonyl (C=O) groups is 1. The van der Waals surface area contributed by atoms with Crippen LogP contribution in [0.3, 0.4) is 0 Å². The van der Waals surface area contributed by atoms with Gasteiger partial charge in [0.2, 0.25) is 5.91 Å². The number of methoxy groups -OCH3 is 1. The molecular weight excluding hydrogens is 194 g/mol.